The van der Waals surface area contributed by atoms with Crippen molar-refractivity contribution >= 4 is 17.3 Å². The van der Waals surface area contributed by atoms with Crippen LogP contribution in [0.15, 0.2) is 49.1 Å². The molecule has 0 bridgehead atoms. The van der Waals surface area contributed by atoms with Crippen LogP contribution in [0.1, 0.15) is 15.9 Å². The molecule has 130 valence electrons. The van der Waals surface area contributed by atoms with Crippen LogP contribution in [0.3, 0.4) is 0 Å². The Kier molecular flexibility index (Phi) is 5.73. The molecule has 1 amide bonds. The first kappa shape index (κ1) is 18.0. The molecule has 0 saturated heterocycles. The first-order chi connectivity index (χ1) is 12.0. The van der Waals surface area contributed by atoms with Gasteiger partial charge in [0.25, 0.3) is 11.6 Å². The van der Waals surface area contributed by atoms with E-state index in [4.69, 9.17) is 9.47 Å². The van der Waals surface area contributed by atoms with E-state index >= 15 is 0 Å². The SMILES string of the molecule is C=CCc1cc(C(=O)Nc2cccc([N+](=O)[O-])c2)cc(OC)c1OC. The van der Waals surface area contributed by atoms with Crippen LogP contribution in [-0.2, 0) is 6.42 Å². The Morgan fingerprint density at radius 2 is 2.04 bits per heavy atom. The molecule has 0 heterocycles. The summed E-state index contributed by atoms with van der Waals surface area (Å²) < 4.78 is 10.6. The fourth-order valence-electron chi connectivity index (χ4n) is 2.38. The largest absolute Gasteiger partial charge is 0.493 e. The Bertz CT molecular complexity index is 817. The second-order valence-electron chi connectivity index (χ2n) is 5.13. The number of carbonyl (C=O) groups is 1. The summed E-state index contributed by atoms with van der Waals surface area (Å²) in [5.41, 5.74) is 1.33. The summed E-state index contributed by atoms with van der Waals surface area (Å²) in [6.45, 7) is 3.69. The average molecular weight is 342 g/mol. The number of nitro groups is 1. The topological polar surface area (TPSA) is 90.7 Å². The third-order valence-electron chi connectivity index (χ3n) is 3.50. The maximum atomic E-state index is 12.5. The molecule has 0 spiro atoms. The predicted octanol–water partition coefficient (Wildman–Crippen LogP) is 3.59. The Balaban J connectivity index is 2.35. The van der Waals surface area contributed by atoms with Crippen LogP contribution < -0.4 is 14.8 Å². The van der Waals surface area contributed by atoms with E-state index in [1.807, 2.05) is 0 Å². The highest BCUT2D eigenvalue weighted by molar-refractivity contribution is 6.05. The molecular formula is C18H18N2O5. The molecule has 0 radical (unpaired) electrons. The number of amides is 1. The van der Waals surface area contributed by atoms with E-state index in [1.54, 1.807) is 24.3 Å². The minimum atomic E-state index is -0.520. The lowest BCUT2D eigenvalue weighted by Crippen LogP contribution is -2.13. The van der Waals surface area contributed by atoms with Crippen molar-refractivity contribution in [2.24, 2.45) is 0 Å². The fourth-order valence-corrected chi connectivity index (χ4v) is 2.38. The average Bonchev–Trinajstić information content (AvgIpc) is 2.61. The van der Waals surface area contributed by atoms with Crippen molar-refractivity contribution in [2.75, 3.05) is 19.5 Å². The monoisotopic (exact) mass is 342 g/mol. The summed E-state index contributed by atoms with van der Waals surface area (Å²) in [4.78, 5) is 22.8. The molecule has 1 N–H and O–H groups in total. The van der Waals surface area contributed by atoms with Crippen molar-refractivity contribution in [1.82, 2.24) is 0 Å². The van der Waals surface area contributed by atoms with E-state index in [9.17, 15) is 14.9 Å². The van der Waals surface area contributed by atoms with Gasteiger partial charge in [-0.15, -0.1) is 6.58 Å². The summed E-state index contributed by atoms with van der Waals surface area (Å²) >= 11 is 0. The third-order valence-corrected chi connectivity index (χ3v) is 3.50. The van der Waals surface area contributed by atoms with Gasteiger partial charge < -0.3 is 14.8 Å². The molecule has 0 saturated carbocycles. The first-order valence-electron chi connectivity index (χ1n) is 7.41. The van der Waals surface area contributed by atoms with Crippen molar-refractivity contribution in [2.45, 2.75) is 6.42 Å². The number of nitro benzene ring substituents is 1. The van der Waals surface area contributed by atoms with Gasteiger partial charge in [0.05, 0.1) is 19.1 Å². The third kappa shape index (κ3) is 4.14. The summed E-state index contributed by atoms with van der Waals surface area (Å²) in [5.74, 6) is 0.548. The number of ether oxygens (including phenoxy) is 2. The highest BCUT2D eigenvalue weighted by Gasteiger charge is 2.16. The van der Waals surface area contributed by atoms with Crippen LogP contribution in [0.25, 0.3) is 0 Å². The van der Waals surface area contributed by atoms with E-state index in [-0.39, 0.29) is 5.69 Å². The Morgan fingerprint density at radius 1 is 1.28 bits per heavy atom. The van der Waals surface area contributed by atoms with Crippen LogP contribution >= 0.6 is 0 Å². The van der Waals surface area contributed by atoms with Crippen LogP contribution in [0.4, 0.5) is 11.4 Å². The number of anilines is 1. The molecule has 25 heavy (non-hydrogen) atoms. The number of rotatable bonds is 7. The van der Waals surface area contributed by atoms with Crippen molar-refractivity contribution < 1.29 is 19.2 Å². The number of carbonyl (C=O) groups excluding carboxylic acids is 1. The number of non-ortho nitro benzene ring substituents is 1. The van der Waals surface area contributed by atoms with E-state index in [2.05, 4.69) is 11.9 Å². The molecule has 0 aliphatic heterocycles. The summed E-state index contributed by atoms with van der Waals surface area (Å²) in [7, 11) is 3.01. The molecule has 2 rings (SSSR count). The molecule has 0 aliphatic rings. The highest BCUT2D eigenvalue weighted by atomic mass is 16.6. The van der Waals surface area contributed by atoms with Gasteiger partial charge in [-0.05, 0) is 24.6 Å². The Labute approximate surface area is 145 Å². The van der Waals surface area contributed by atoms with Crippen LogP contribution in [-0.4, -0.2) is 25.1 Å². The number of nitrogens with zero attached hydrogens (tertiary/aromatic N) is 1. The van der Waals surface area contributed by atoms with Crippen LogP contribution in [0.2, 0.25) is 0 Å². The standard InChI is InChI=1S/C18H18N2O5/c1-4-6-12-9-13(10-16(24-2)17(12)25-3)18(21)19-14-7-5-8-15(11-14)20(22)23/h4-5,7-11H,1,6H2,2-3H3,(H,19,21). The molecule has 2 aromatic rings. The minimum absolute atomic E-state index is 0.0996. The van der Waals surface area contributed by atoms with Gasteiger partial charge in [-0.3, -0.25) is 14.9 Å². The Hall–Kier alpha value is -3.35. The number of benzene rings is 2. The molecule has 7 nitrogen and oxygen atoms in total. The van der Waals surface area contributed by atoms with Gasteiger partial charge in [-0.25, -0.2) is 0 Å². The quantitative estimate of drug-likeness (QED) is 0.472. The molecule has 2 aromatic carbocycles. The number of allylic oxidation sites excluding steroid dienone is 1. The molecule has 7 heteroatoms. The summed E-state index contributed by atoms with van der Waals surface area (Å²) in [5, 5.41) is 13.5. The first-order valence-corrected chi connectivity index (χ1v) is 7.41. The molecule has 0 unspecified atom stereocenters. The van der Waals surface area contributed by atoms with Gasteiger partial charge >= 0.3 is 0 Å². The van der Waals surface area contributed by atoms with Crippen LogP contribution in [0, 0.1) is 10.1 Å². The number of hydrogen-bond acceptors (Lipinski definition) is 5. The van der Waals surface area contributed by atoms with Gasteiger partial charge in [-0.2, -0.15) is 0 Å². The van der Waals surface area contributed by atoms with E-state index in [1.165, 1.54) is 32.4 Å². The van der Waals surface area contributed by atoms with E-state index in [0.29, 0.717) is 29.2 Å². The van der Waals surface area contributed by atoms with Crippen LogP contribution in [0.5, 0.6) is 11.5 Å². The van der Waals surface area contributed by atoms with Gasteiger partial charge in [0.1, 0.15) is 0 Å². The number of hydrogen-bond donors (Lipinski definition) is 1. The van der Waals surface area contributed by atoms with Gasteiger partial charge in [-0.1, -0.05) is 12.1 Å². The number of nitrogens with one attached hydrogen (secondary N) is 1. The Morgan fingerprint density at radius 3 is 2.64 bits per heavy atom. The lowest BCUT2D eigenvalue weighted by atomic mass is 10.0. The lowest BCUT2D eigenvalue weighted by Gasteiger charge is -2.14. The lowest BCUT2D eigenvalue weighted by molar-refractivity contribution is -0.384. The van der Waals surface area contributed by atoms with Gasteiger partial charge in [0, 0.05) is 28.9 Å². The van der Waals surface area contributed by atoms with Crippen molar-refractivity contribution in [3.63, 3.8) is 0 Å². The maximum Gasteiger partial charge on any atom is 0.271 e. The zero-order valence-electron chi connectivity index (χ0n) is 13.9. The fraction of sp³-hybridized carbons (Fsp3) is 0.167. The van der Waals surface area contributed by atoms with Gasteiger partial charge in [0.15, 0.2) is 11.5 Å². The molecule has 0 atom stereocenters. The normalized spacial score (nSPS) is 10.0. The zero-order valence-corrected chi connectivity index (χ0v) is 13.9. The summed E-state index contributed by atoms with van der Waals surface area (Å²) in [6, 6.07) is 8.97. The number of methoxy groups -OCH3 is 2. The smallest absolute Gasteiger partial charge is 0.271 e. The molecular weight excluding hydrogens is 324 g/mol. The van der Waals surface area contributed by atoms with E-state index in [0.717, 1.165) is 5.56 Å². The van der Waals surface area contributed by atoms with Crippen molar-refractivity contribution in [3.05, 3.63) is 70.3 Å². The zero-order chi connectivity index (χ0) is 18.4. The maximum absolute atomic E-state index is 12.5. The molecule has 0 aromatic heterocycles. The second-order valence-corrected chi connectivity index (χ2v) is 5.13. The van der Waals surface area contributed by atoms with Crippen molar-refractivity contribution in [1.29, 1.82) is 0 Å². The molecule has 0 aliphatic carbocycles. The highest BCUT2D eigenvalue weighted by Crippen LogP contribution is 2.33. The van der Waals surface area contributed by atoms with E-state index < -0.39 is 10.8 Å². The second kappa shape index (κ2) is 7.96. The molecule has 0 fully saturated rings. The predicted molar refractivity (Wildman–Crippen MR) is 94.5 cm³/mol. The summed E-state index contributed by atoms with van der Waals surface area (Å²) in [6.07, 6.45) is 2.19. The minimum Gasteiger partial charge on any atom is -0.493 e. The van der Waals surface area contributed by atoms with Crippen molar-refractivity contribution in [3.8, 4) is 11.5 Å². The van der Waals surface area contributed by atoms with Gasteiger partial charge in [0.2, 0.25) is 0 Å².